The molecule has 0 bridgehead atoms. The summed E-state index contributed by atoms with van der Waals surface area (Å²) in [5.41, 5.74) is 15.4. The molecule has 0 unspecified atom stereocenters. The smallest absolute Gasteiger partial charge is 0.129 e. The van der Waals surface area contributed by atoms with Crippen molar-refractivity contribution >= 4 is 60.7 Å². The molecule has 558 valence electrons. The van der Waals surface area contributed by atoms with Crippen molar-refractivity contribution in [3.63, 3.8) is 0 Å². The summed E-state index contributed by atoms with van der Waals surface area (Å²) in [6, 6.07) is 78.8. The standard InChI is InChI=1S/2C42H42N2O2.2C4H14NSi2.2Y/c2*1-29-23-31(3)40(45)32(24-29)27-43-38-21-13-14-22-39(38)44-28-33-25-30(2)26-37(41(33)46)42(34-15-7-4-8-16-34,35-17-9-5-10-18-35)36-19-11-6-12-20-36;2*1-6(2)5-7(3)4;;/h2*4-12,15-20,23-28,38-39,45-46H,13-14,21-22H2,1-3H3;2*6-7H,1-4H3;;/q;;2*-1;;/t2*38-,39-;;;;/m10..../s1. The summed E-state index contributed by atoms with van der Waals surface area (Å²) >= 11 is 0. The van der Waals surface area contributed by atoms with Gasteiger partial charge in [0.05, 0.1) is 35.0 Å². The second-order valence-electron chi connectivity index (χ2n) is 29.9. The molecule has 0 heterocycles. The molecule has 12 rings (SSSR count). The third-order valence-electron chi connectivity index (χ3n) is 19.8. The molecule has 10 aromatic rings. The van der Waals surface area contributed by atoms with Crippen LogP contribution in [0.25, 0.3) is 9.30 Å². The van der Waals surface area contributed by atoms with Crippen LogP contribution in [0.15, 0.2) is 250 Å². The van der Waals surface area contributed by atoms with Crippen molar-refractivity contribution in [3.8, 4) is 23.0 Å². The van der Waals surface area contributed by atoms with Gasteiger partial charge in [0.25, 0.3) is 0 Å². The van der Waals surface area contributed by atoms with Crippen molar-refractivity contribution < 1.29 is 85.8 Å². The van der Waals surface area contributed by atoms with Gasteiger partial charge in [-0.3, -0.25) is 20.0 Å². The minimum atomic E-state index is -0.756. The van der Waals surface area contributed by atoms with Crippen LogP contribution in [0.2, 0.25) is 52.4 Å². The van der Waals surface area contributed by atoms with E-state index in [1.54, 1.807) is 0 Å². The van der Waals surface area contributed by atoms with Crippen LogP contribution in [-0.4, -0.2) is 105 Å². The van der Waals surface area contributed by atoms with Gasteiger partial charge in [0.15, 0.2) is 0 Å². The normalized spacial score (nSPS) is 16.0. The van der Waals surface area contributed by atoms with Gasteiger partial charge in [0.1, 0.15) is 23.0 Å². The Balaban J connectivity index is 0.000000251. The van der Waals surface area contributed by atoms with Gasteiger partial charge in [-0.25, -0.2) is 0 Å². The van der Waals surface area contributed by atoms with E-state index in [-0.39, 0.29) is 113 Å². The van der Waals surface area contributed by atoms with Gasteiger partial charge in [-0.2, -0.15) is 0 Å². The number of nitrogens with zero attached hydrogens (tertiary/aromatic N) is 6. The Hall–Kier alpha value is -6.92. The van der Waals surface area contributed by atoms with Crippen LogP contribution in [0, 0.1) is 41.5 Å². The van der Waals surface area contributed by atoms with E-state index in [1.807, 2.05) is 125 Å². The fourth-order valence-electron chi connectivity index (χ4n) is 15.4. The Kier molecular flexibility index (Phi) is 35.2. The SMILES string of the molecule is C[SiH](C)[N-][SiH](C)C.C[SiH](C)[N-][SiH](C)C.Cc1cc(C)c(O)c(C=N[C@@H]2CCCC[C@H]2N=Cc2cc(C)cc(C(c3ccccc3)(c3ccccc3)c3ccccc3)c2O)c1.Cc1cc(C)c(O)c(C=N[C@H]2CCCC[C@@H]2N=Cc2cc(C)cc(C(c3ccccc3)(c3ccccc3)c3ccccc3)c2O)c1.[Y].[Y]. The fraction of sp³-hybridized carbons (Fsp3) is 0.304. The van der Waals surface area contributed by atoms with Crippen molar-refractivity contribution in [2.75, 3.05) is 0 Å². The monoisotopic (exact) mass is 1650 g/mol. The Morgan fingerprint density at radius 2 is 0.491 bits per heavy atom. The van der Waals surface area contributed by atoms with Crippen molar-refractivity contribution in [1.29, 1.82) is 0 Å². The number of hydrogen-bond donors (Lipinski definition) is 4. The van der Waals surface area contributed by atoms with Crippen molar-refractivity contribution in [2.24, 2.45) is 20.0 Å². The molecule has 2 fully saturated rings. The summed E-state index contributed by atoms with van der Waals surface area (Å²) < 4.78 is 9.11. The Labute approximate surface area is 702 Å². The van der Waals surface area contributed by atoms with E-state index in [0.29, 0.717) is 11.1 Å². The fourth-order valence-corrected chi connectivity index (χ4v) is 24.9. The van der Waals surface area contributed by atoms with Crippen molar-refractivity contribution in [2.45, 2.75) is 180 Å². The number of phenols is 4. The molecule has 16 heteroatoms. The molecule has 0 aliphatic heterocycles. The number of aliphatic imine (C=N–C) groups is 4. The predicted octanol–water partition coefficient (Wildman–Crippen LogP) is 21.2. The second-order valence-corrected chi connectivity index (χ2v) is 41.0. The van der Waals surface area contributed by atoms with Crippen molar-refractivity contribution in [3.05, 3.63) is 340 Å². The number of rotatable bonds is 20. The molecule has 2 aliphatic carbocycles. The predicted molar refractivity (Wildman–Crippen MR) is 462 cm³/mol. The van der Waals surface area contributed by atoms with Crippen LogP contribution in [0.1, 0.15) is 152 Å². The van der Waals surface area contributed by atoms with Crippen LogP contribution in [0.3, 0.4) is 0 Å². The first-order chi connectivity index (χ1) is 51.0. The molecule has 2 radical (unpaired) electrons. The molecule has 4 atom stereocenters. The van der Waals surface area contributed by atoms with Gasteiger partial charge in [0.2, 0.25) is 0 Å². The van der Waals surface area contributed by atoms with Gasteiger partial charge in [-0.1, -0.05) is 320 Å². The van der Waals surface area contributed by atoms with E-state index in [2.05, 4.69) is 233 Å². The van der Waals surface area contributed by atoms with Gasteiger partial charge in [-0.15, -0.1) is 0 Å². The van der Waals surface area contributed by atoms with E-state index in [4.69, 9.17) is 20.0 Å². The third-order valence-corrected chi connectivity index (χ3v) is 29.3. The van der Waals surface area contributed by atoms with E-state index in [0.717, 1.165) is 140 Å². The molecular formula is C92H112N6O4Si4Y2-2. The molecule has 10 nitrogen and oxygen atoms in total. The van der Waals surface area contributed by atoms with Crippen LogP contribution < -0.4 is 0 Å². The second kappa shape index (κ2) is 43.0. The van der Waals surface area contributed by atoms with Crippen LogP contribution in [0.4, 0.5) is 0 Å². The third kappa shape index (κ3) is 23.1. The number of benzene rings is 10. The number of aryl methyl sites for hydroxylation is 6. The molecule has 0 saturated heterocycles. The average molecular weight is 1660 g/mol. The number of aromatic hydroxyl groups is 4. The van der Waals surface area contributed by atoms with Crippen LogP contribution in [-0.2, 0) is 76.2 Å². The molecule has 0 amide bonds. The molecule has 0 spiro atoms. The maximum Gasteiger partial charge on any atom is 0.129 e. The first-order valence-electron chi connectivity index (χ1n) is 38.1. The summed E-state index contributed by atoms with van der Waals surface area (Å²) in [6.07, 6.45) is 15.4. The van der Waals surface area contributed by atoms with Gasteiger partial charge < -0.3 is 29.7 Å². The largest absolute Gasteiger partial charge is 0.672 e. The van der Waals surface area contributed by atoms with Crippen molar-refractivity contribution in [1.82, 2.24) is 0 Å². The summed E-state index contributed by atoms with van der Waals surface area (Å²) in [7, 11) is -2.17. The van der Waals surface area contributed by atoms with E-state index in [9.17, 15) is 20.4 Å². The zero-order valence-corrected chi connectivity index (χ0v) is 76.4. The summed E-state index contributed by atoms with van der Waals surface area (Å²) in [4.78, 5) is 20.1. The molecule has 10 aromatic carbocycles. The molecule has 4 N–H and O–H groups in total. The Bertz CT molecular complexity index is 4060. The number of hydrogen-bond acceptors (Lipinski definition) is 8. The Morgan fingerprint density at radius 1 is 0.296 bits per heavy atom. The summed E-state index contributed by atoms with van der Waals surface area (Å²) in [5.74, 6) is 1.01. The zero-order valence-electron chi connectivity index (χ0n) is 66.2. The minimum absolute atomic E-state index is 0. The minimum Gasteiger partial charge on any atom is -0.672 e. The molecule has 2 aliphatic rings. The molecular weight excluding hydrogens is 1540 g/mol. The summed E-state index contributed by atoms with van der Waals surface area (Å²) in [5, 5.41) is 45.7. The topological polar surface area (TPSA) is 159 Å². The zero-order chi connectivity index (χ0) is 75.9. The molecule has 2 saturated carbocycles. The van der Waals surface area contributed by atoms with E-state index in [1.165, 1.54) is 0 Å². The summed E-state index contributed by atoms with van der Waals surface area (Å²) in [6.45, 7) is 30.2. The molecule has 0 aromatic heterocycles. The van der Waals surface area contributed by atoms with Gasteiger partial charge in [0, 0.05) is 124 Å². The van der Waals surface area contributed by atoms with Gasteiger partial charge >= 0.3 is 0 Å². The van der Waals surface area contributed by atoms with E-state index < -0.39 is 46.7 Å². The average Bonchev–Trinajstić information content (AvgIpc) is 0.732. The van der Waals surface area contributed by atoms with E-state index >= 15 is 0 Å². The Morgan fingerprint density at radius 3 is 0.685 bits per heavy atom. The van der Waals surface area contributed by atoms with Gasteiger partial charge in [-0.05, 0) is 158 Å². The first-order valence-corrected chi connectivity index (χ1v) is 49.5. The number of phenolic OH excluding ortho intramolecular Hbond substituents is 4. The quantitative estimate of drug-likeness (QED) is 0.0340. The van der Waals surface area contributed by atoms with Crippen LogP contribution >= 0.6 is 0 Å². The molecule has 108 heavy (non-hydrogen) atoms. The maximum absolute atomic E-state index is 12.2. The van der Waals surface area contributed by atoms with Crippen LogP contribution in [0.5, 0.6) is 23.0 Å². The maximum atomic E-state index is 12.2. The first kappa shape index (κ1) is 88.3.